The Balaban J connectivity index is 2.23. The number of hydrogen-bond acceptors (Lipinski definition) is 6. The first-order valence-electron chi connectivity index (χ1n) is 11.0. The van der Waals surface area contributed by atoms with Crippen molar-refractivity contribution in [2.24, 2.45) is 5.92 Å². The molecule has 2 aromatic carbocycles. The molecule has 170 valence electrons. The highest BCUT2D eigenvalue weighted by atomic mass is 16.5. The maximum absolute atomic E-state index is 13.2. The van der Waals surface area contributed by atoms with Crippen LogP contribution in [0.1, 0.15) is 44.2 Å². The number of aryl methyl sites for hydroxylation is 1. The summed E-state index contributed by atoms with van der Waals surface area (Å²) < 4.78 is 10.8. The van der Waals surface area contributed by atoms with Crippen molar-refractivity contribution >= 4 is 17.6 Å². The quantitative estimate of drug-likeness (QED) is 0.627. The standard InChI is InChI=1S/C26H31NO5/c1-5-31-24(28)22-20(27-19-10-8-7-9-11-19)16-26(4,30)23(25(29)32-6-2)21(22)18-14-12-17(3)13-15-18/h7-15,21,23,27,30H,5-6,16H2,1-4H3/t21-,23-,26+/m0/s1. The van der Waals surface area contributed by atoms with E-state index in [1.165, 1.54) is 0 Å². The fourth-order valence-electron chi connectivity index (χ4n) is 4.30. The zero-order valence-corrected chi connectivity index (χ0v) is 19.1. The zero-order chi connectivity index (χ0) is 23.3. The summed E-state index contributed by atoms with van der Waals surface area (Å²) in [4.78, 5) is 26.3. The van der Waals surface area contributed by atoms with E-state index in [0.717, 1.165) is 16.8 Å². The van der Waals surface area contributed by atoms with E-state index in [-0.39, 0.29) is 19.6 Å². The third-order valence-corrected chi connectivity index (χ3v) is 5.72. The van der Waals surface area contributed by atoms with Gasteiger partial charge in [-0.05, 0) is 45.4 Å². The summed E-state index contributed by atoms with van der Waals surface area (Å²) in [6.45, 7) is 7.42. The minimum Gasteiger partial charge on any atom is -0.466 e. The Labute approximate surface area is 189 Å². The summed E-state index contributed by atoms with van der Waals surface area (Å²) in [5.41, 5.74) is 1.99. The fourth-order valence-corrected chi connectivity index (χ4v) is 4.30. The molecule has 0 spiro atoms. The van der Waals surface area contributed by atoms with Gasteiger partial charge in [-0.15, -0.1) is 0 Å². The van der Waals surface area contributed by atoms with Gasteiger partial charge in [-0.25, -0.2) is 4.79 Å². The number of anilines is 1. The lowest BCUT2D eigenvalue weighted by Gasteiger charge is -2.43. The largest absolute Gasteiger partial charge is 0.466 e. The molecule has 0 aliphatic heterocycles. The number of benzene rings is 2. The van der Waals surface area contributed by atoms with E-state index in [9.17, 15) is 14.7 Å². The molecule has 0 fully saturated rings. The van der Waals surface area contributed by atoms with Crippen LogP contribution >= 0.6 is 0 Å². The molecule has 3 atom stereocenters. The number of esters is 2. The number of carbonyl (C=O) groups is 2. The van der Waals surface area contributed by atoms with Crippen LogP contribution < -0.4 is 5.32 Å². The number of rotatable bonds is 7. The van der Waals surface area contributed by atoms with Gasteiger partial charge >= 0.3 is 11.9 Å². The second-order valence-electron chi connectivity index (χ2n) is 8.26. The van der Waals surface area contributed by atoms with E-state index >= 15 is 0 Å². The first kappa shape index (κ1) is 23.5. The lowest BCUT2D eigenvalue weighted by atomic mass is 9.65. The van der Waals surface area contributed by atoms with Crippen molar-refractivity contribution in [1.82, 2.24) is 0 Å². The number of nitrogens with one attached hydrogen (secondary N) is 1. The van der Waals surface area contributed by atoms with Gasteiger partial charge in [0, 0.05) is 23.7 Å². The maximum atomic E-state index is 13.2. The van der Waals surface area contributed by atoms with Crippen LogP contribution in [-0.2, 0) is 19.1 Å². The van der Waals surface area contributed by atoms with E-state index in [1.807, 2.05) is 61.5 Å². The predicted molar refractivity (Wildman–Crippen MR) is 123 cm³/mol. The molecule has 1 aliphatic rings. The van der Waals surface area contributed by atoms with Crippen molar-refractivity contribution in [2.45, 2.75) is 45.6 Å². The third kappa shape index (κ3) is 5.02. The summed E-state index contributed by atoms with van der Waals surface area (Å²) in [7, 11) is 0. The number of carbonyl (C=O) groups excluding carboxylic acids is 2. The van der Waals surface area contributed by atoms with Gasteiger partial charge in [0.25, 0.3) is 0 Å². The van der Waals surface area contributed by atoms with Crippen molar-refractivity contribution in [3.05, 3.63) is 77.0 Å². The molecule has 0 amide bonds. The summed E-state index contributed by atoms with van der Waals surface area (Å²) in [6.07, 6.45) is 0.0713. The highest BCUT2D eigenvalue weighted by molar-refractivity contribution is 5.94. The molecular formula is C26H31NO5. The van der Waals surface area contributed by atoms with Gasteiger partial charge in [-0.2, -0.15) is 0 Å². The van der Waals surface area contributed by atoms with Gasteiger partial charge in [0.05, 0.1) is 30.3 Å². The van der Waals surface area contributed by atoms with Gasteiger partial charge in [-0.3, -0.25) is 4.79 Å². The van der Waals surface area contributed by atoms with Gasteiger partial charge in [0.15, 0.2) is 0 Å². The highest BCUT2D eigenvalue weighted by Crippen LogP contribution is 2.48. The second kappa shape index (κ2) is 10.0. The Morgan fingerprint density at radius 2 is 1.66 bits per heavy atom. The van der Waals surface area contributed by atoms with Gasteiger partial charge in [-0.1, -0.05) is 48.0 Å². The van der Waals surface area contributed by atoms with E-state index in [4.69, 9.17) is 9.47 Å². The lowest BCUT2D eigenvalue weighted by molar-refractivity contribution is -0.159. The van der Waals surface area contributed by atoms with E-state index in [0.29, 0.717) is 11.3 Å². The topological polar surface area (TPSA) is 84.9 Å². The van der Waals surface area contributed by atoms with Crippen molar-refractivity contribution in [1.29, 1.82) is 0 Å². The molecule has 0 radical (unpaired) electrons. The number of para-hydroxylation sites is 1. The Kier molecular flexibility index (Phi) is 7.36. The van der Waals surface area contributed by atoms with Crippen LogP contribution in [0.5, 0.6) is 0 Å². The average Bonchev–Trinajstić information content (AvgIpc) is 2.74. The minimum atomic E-state index is -1.45. The molecule has 2 N–H and O–H groups in total. The van der Waals surface area contributed by atoms with Gasteiger partial charge < -0.3 is 19.9 Å². The van der Waals surface area contributed by atoms with Crippen LogP contribution in [0.15, 0.2) is 65.9 Å². The molecule has 6 nitrogen and oxygen atoms in total. The first-order valence-corrected chi connectivity index (χ1v) is 11.0. The Bertz CT molecular complexity index is 979. The van der Waals surface area contributed by atoms with Crippen molar-refractivity contribution in [2.75, 3.05) is 18.5 Å². The zero-order valence-electron chi connectivity index (χ0n) is 19.1. The van der Waals surface area contributed by atoms with Crippen LogP contribution in [-0.4, -0.2) is 35.9 Å². The minimum absolute atomic E-state index is 0.0713. The molecule has 0 aromatic heterocycles. The molecule has 0 heterocycles. The SMILES string of the molecule is CCOC(=O)C1=C(Nc2ccccc2)C[C@@](C)(O)[C@H](C(=O)OCC)[C@H]1c1ccc(C)cc1. The van der Waals surface area contributed by atoms with Crippen LogP contribution in [0, 0.1) is 12.8 Å². The Morgan fingerprint density at radius 3 is 2.25 bits per heavy atom. The maximum Gasteiger partial charge on any atom is 0.336 e. The monoisotopic (exact) mass is 437 g/mol. The van der Waals surface area contributed by atoms with Crippen molar-refractivity contribution in [3.63, 3.8) is 0 Å². The van der Waals surface area contributed by atoms with Crippen molar-refractivity contribution in [3.8, 4) is 0 Å². The molecule has 32 heavy (non-hydrogen) atoms. The highest BCUT2D eigenvalue weighted by Gasteiger charge is 2.52. The van der Waals surface area contributed by atoms with E-state index in [1.54, 1.807) is 20.8 Å². The van der Waals surface area contributed by atoms with Crippen LogP contribution in [0.4, 0.5) is 5.69 Å². The second-order valence-corrected chi connectivity index (χ2v) is 8.26. The molecule has 0 unspecified atom stereocenters. The Hall–Kier alpha value is -3.12. The van der Waals surface area contributed by atoms with Crippen molar-refractivity contribution < 1.29 is 24.2 Å². The third-order valence-electron chi connectivity index (χ3n) is 5.72. The summed E-state index contributed by atoms with van der Waals surface area (Å²) >= 11 is 0. The predicted octanol–water partition coefficient (Wildman–Crippen LogP) is 4.34. The summed E-state index contributed by atoms with van der Waals surface area (Å²) in [5.74, 6) is -2.75. The molecule has 0 saturated carbocycles. The molecule has 2 aromatic rings. The van der Waals surface area contributed by atoms with Gasteiger partial charge in [0.2, 0.25) is 0 Å². The number of ether oxygens (including phenoxy) is 2. The molecular weight excluding hydrogens is 406 g/mol. The lowest BCUT2D eigenvalue weighted by Crippen LogP contribution is -2.49. The van der Waals surface area contributed by atoms with Crippen LogP contribution in [0.25, 0.3) is 0 Å². The molecule has 6 heteroatoms. The van der Waals surface area contributed by atoms with E-state index in [2.05, 4.69) is 5.32 Å². The molecule has 0 bridgehead atoms. The number of aliphatic hydroxyl groups is 1. The molecule has 0 saturated heterocycles. The fraction of sp³-hybridized carbons (Fsp3) is 0.385. The van der Waals surface area contributed by atoms with Crippen LogP contribution in [0.2, 0.25) is 0 Å². The molecule has 1 aliphatic carbocycles. The normalized spacial score (nSPS) is 22.9. The van der Waals surface area contributed by atoms with Gasteiger partial charge in [0.1, 0.15) is 0 Å². The average molecular weight is 438 g/mol. The molecule has 3 rings (SSSR count). The summed E-state index contributed by atoms with van der Waals surface area (Å²) in [5, 5.41) is 14.8. The number of hydrogen-bond donors (Lipinski definition) is 2. The Morgan fingerprint density at radius 1 is 1.03 bits per heavy atom. The summed E-state index contributed by atoms with van der Waals surface area (Å²) in [6, 6.07) is 17.0. The van der Waals surface area contributed by atoms with Crippen LogP contribution in [0.3, 0.4) is 0 Å². The smallest absolute Gasteiger partial charge is 0.336 e. The van der Waals surface area contributed by atoms with E-state index < -0.39 is 29.4 Å². The first-order chi connectivity index (χ1) is 15.3.